The third-order valence-corrected chi connectivity index (χ3v) is 20.3. The molecule has 3 aliphatic rings. The number of likely N-dealkylation sites (tertiary alicyclic amines) is 2. The van der Waals surface area contributed by atoms with E-state index < -0.39 is 141 Å². The van der Waals surface area contributed by atoms with Crippen molar-refractivity contribution in [2.45, 2.75) is 152 Å². The van der Waals surface area contributed by atoms with Crippen molar-refractivity contribution in [1.29, 1.82) is 15.8 Å². The second-order valence-electron chi connectivity index (χ2n) is 31.7. The number of benzene rings is 7. The molecule has 0 spiro atoms. The van der Waals surface area contributed by atoms with Crippen LogP contribution < -0.4 is 32.4 Å². The first kappa shape index (κ1) is 111. The number of carboxylic acid groups (broad SMARTS) is 1. The summed E-state index contributed by atoms with van der Waals surface area (Å²) in [5, 5.41) is 92.2. The lowest BCUT2D eigenvalue weighted by Gasteiger charge is -2.34. The number of piperidine rings is 3. The highest BCUT2D eigenvalue weighted by Crippen LogP contribution is 2.38. The van der Waals surface area contributed by atoms with Crippen LogP contribution in [0.15, 0.2) is 149 Å². The second kappa shape index (κ2) is 47.5. The standard InChI is InChI=1S/C33H29F4N5O5.C22H28F3N3O5.C17H20F3N3O3.C16H11FN2O3.ClH.3H2S/c1-32(46,31(45)39-21-8-7-20(17-38)26(16-21)33(35,36)37)18-47-22-10-12-42(13-11-22)30(44)25-14-19(6-9-27(25)34)15-28-23-4-2-3-5-24(23)29(43)41-40-28;1-20(2,3)33-19(30)28-9-7-16(8-10-28)32-13-21(4,31)18(29)27-15-6-5-14(12-26)17(11-15)22(23,24)25;1-16(25,10-26-13-4-6-22-7-5-13)15(24)23-12-3-2-11(9-21)14(8-12)17(18,19)20;17-13-6-5-9(7-12(13)16(21)22)8-14-10-3-1-2-4-11(10)15(20)19-18-14;;;;/h2-9,14,16,22,46H,10-13,15,18H2,1H3,(H,39,45)(H,41,43);5-6,11,16,31H,7-10,13H2,1-4H3,(H,27,29);2-3,8,13,22,25H,4-7,10H2,1H3,(H,23,24);1-7H,8H2,(H,19,20)(H,21,22);1H;3*1H2/t32-;21-;16-;;;;;/m000...../s1. The number of aliphatic hydroxyl groups is 3. The summed E-state index contributed by atoms with van der Waals surface area (Å²) in [6.07, 6.45) is -12.0. The fraction of sp³-hybridized carbons (Fsp3) is 0.375. The summed E-state index contributed by atoms with van der Waals surface area (Å²) >= 11 is 0. The van der Waals surface area contributed by atoms with Gasteiger partial charge in [-0.1, -0.05) is 48.5 Å². The van der Waals surface area contributed by atoms with E-state index in [0.29, 0.717) is 101 Å². The molecule has 0 bridgehead atoms. The molecule has 0 unspecified atom stereocenters. The molecule has 710 valence electrons. The molecular formula is C88H95ClF11N13O16S3. The van der Waals surface area contributed by atoms with Gasteiger partial charge in [-0.2, -0.15) is 106 Å². The molecule has 3 aliphatic heterocycles. The van der Waals surface area contributed by atoms with Gasteiger partial charge in [-0.25, -0.2) is 28.6 Å². The number of nitrogens with one attached hydrogen (secondary N) is 6. The Kier molecular flexibility index (Phi) is 39.9. The number of amides is 5. The molecule has 5 heterocycles. The number of aromatic amines is 2. The Morgan fingerprint density at radius 1 is 0.462 bits per heavy atom. The van der Waals surface area contributed by atoms with Crippen LogP contribution in [0.1, 0.15) is 157 Å². The molecule has 132 heavy (non-hydrogen) atoms. The number of ether oxygens (including phenoxy) is 4. The van der Waals surface area contributed by atoms with Crippen molar-refractivity contribution in [3.05, 3.63) is 239 Å². The molecular weight excluding hydrogens is 1840 g/mol. The van der Waals surface area contributed by atoms with Gasteiger partial charge in [0, 0.05) is 66.9 Å². The zero-order valence-corrected chi connectivity index (χ0v) is 75.2. The zero-order valence-electron chi connectivity index (χ0n) is 71.4. The van der Waals surface area contributed by atoms with E-state index in [4.69, 9.17) is 39.8 Å². The third-order valence-electron chi connectivity index (χ3n) is 20.3. The van der Waals surface area contributed by atoms with E-state index in [-0.39, 0.29) is 137 Å². The maximum Gasteiger partial charge on any atom is 0.417 e. The minimum Gasteiger partial charge on any atom is -0.478 e. The van der Waals surface area contributed by atoms with E-state index in [9.17, 15) is 102 Å². The van der Waals surface area contributed by atoms with E-state index in [0.717, 1.165) is 69.3 Å². The topological polar surface area (TPSA) is 438 Å². The Hall–Kier alpha value is -11.8. The van der Waals surface area contributed by atoms with Crippen molar-refractivity contribution >= 4 is 127 Å². The molecule has 3 saturated heterocycles. The second-order valence-corrected chi connectivity index (χ2v) is 31.7. The highest BCUT2D eigenvalue weighted by molar-refractivity contribution is 7.59. The van der Waals surface area contributed by atoms with Crippen molar-refractivity contribution < 1.29 is 116 Å². The molecule has 44 heteroatoms. The van der Waals surface area contributed by atoms with Gasteiger partial charge < -0.3 is 70.4 Å². The van der Waals surface area contributed by atoms with E-state index in [1.54, 1.807) is 80.3 Å². The quantitative estimate of drug-likeness (QED) is 0.0299. The Bertz CT molecular complexity index is 5840. The number of nitrogens with zero attached hydrogens (tertiary/aromatic N) is 7. The van der Waals surface area contributed by atoms with Crippen LogP contribution in [0.5, 0.6) is 0 Å². The Morgan fingerprint density at radius 2 is 0.780 bits per heavy atom. The van der Waals surface area contributed by atoms with Gasteiger partial charge >= 0.3 is 30.6 Å². The highest BCUT2D eigenvalue weighted by Gasteiger charge is 2.41. The molecule has 3 atom stereocenters. The molecule has 10 N–H and O–H groups in total. The van der Waals surface area contributed by atoms with Gasteiger partial charge in [0.25, 0.3) is 34.7 Å². The number of hydrogen-bond donors (Lipinski definition) is 10. The summed E-state index contributed by atoms with van der Waals surface area (Å²) in [7, 11) is 0. The maximum absolute atomic E-state index is 14.8. The molecule has 2 aromatic heterocycles. The SMILES string of the molecule is CC(C)(C)OC(=O)N1CCC(OC[C@](C)(O)C(=O)Nc2ccc(C#N)c(C(F)(F)F)c2)CC1.C[C@](O)(COC1CCN(C(=O)c2cc(Cc3n[nH]c(=O)c4ccccc34)ccc2F)CC1)C(=O)Nc1ccc(C#N)c(C(F)(F)F)c1.C[C@](O)(COC1CCNCC1)C(=O)Nc1ccc(C#N)c(C(F)(F)F)c1.Cl.O=C(O)c1cc(Cc2n[nH]c(=O)c3ccccc23)ccc1F.S.S.S. The summed E-state index contributed by atoms with van der Waals surface area (Å²) in [5.74, 6) is -6.16. The number of fused-ring (bicyclic) bond motifs is 2. The predicted molar refractivity (Wildman–Crippen MR) is 478 cm³/mol. The Balaban J connectivity index is 0.000000321. The zero-order chi connectivity index (χ0) is 94.0. The van der Waals surface area contributed by atoms with Crippen molar-refractivity contribution in [2.75, 3.05) is 75.0 Å². The molecule has 7 aromatic carbocycles. The van der Waals surface area contributed by atoms with Crippen molar-refractivity contribution in [3.8, 4) is 18.2 Å². The number of anilines is 3. The molecule has 0 aliphatic carbocycles. The molecule has 3 fully saturated rings. The first-order chi connectivity index (χ1) is 60.1. The maximum atomic E-state index is 14.8. The van der Waals surface area contributed by atoms with Gasteiger partial charge in [-0.15, -0.1) is 12.4 Å². The van der Waals surface area contributed by atoms with Crippen LogP contribution in [-0.4, -0.2) is 186 Å². The van der Waals surface area contributed by atoms with Gasteiger partial charge in [0.05, 0.1) is 123 Å². The minimum atomic E-state index is -4.82. The number of aromatic carboxylic acids is 1. The van der Waals surface area contributed by atoms with E-state index in [2.05, 4.69) is 41.7 Å². The number of aromatic nitrogens is 4. The first-order valence-electron chi connectivity index (χ1n) is 39.6. The number of carboxylic acids is 1. The Labute approximate surface area is 775 Å². The van der Waals surface area contributed by atoms with Crippen LogP contribution in [0.3, 0.4) is 0 Å². The normalized spacial score (nSPS) is 15.0. The lowest BCUT2D eigenvalue weighted by Crippen LogP contribution is -2.47. The van der Waals surface area contributed by atoms with Gasteiger partial charge in [0.1, 0.15) is 17.2 Å². The van der Waals surface area contributed by atoms with E-state index >= 15 is 0 Å². The van der Waals surface area contributed by atoms with E-state index in [1.165, 1.54) is 67.3 Å². The number of carbonyl (C=O) groups is 6. The van der Waals surface area contributed by atoms with Crippen molar-refractivity contribution in [1.82, 2.24) is 35.5 Å². The molecule has 5 amide bonds. The van der Waals surface area contributed by atoms with Crippen LogP contribution in [0.2, 0.25) is 0 Å². The van der Waals surface area contributed by atoms with Crippen molar-refractivity contribution in [2.24, 2.45) is 0 Å². The molecule has 29 nitrogen and oxygen atoms in total. The lowest BCUT2D eigenvalue weighted by molar-refractivity contribution is -0.142. The average molecular weight is 1930 g/mol. The van der Waals surface area contributed by atoms with E-state index in [1.807, 2.05) is 0 Å². The third kappa shape index (κ3) is 30.6. The number of alkyl halides is 9. The van der Waals surface area contributed by atoms with Crippen LogP contribution >= 0.6 is 52.9 Å². The van der Waals surface area contributed by atoms with Gasteiger partial charge in [0.2, 0.25) is 0 Å². The number of halogens is 12. The number of hydrogen-bond acceptors (Lipinski definition) is 21. The molecule has 0 saturated carbocycles. The number of H-pyrrole nitrogens is 2. The average Bonchev–Trinajstić information content (AvgIpc) is 0.837. The number of nitriles is 3. The molecule has 9 aromatic rings. The first-order valence-corrected chi connectivity index (χ1v) is 39.6. The summed E-state index contributed by atoms with van der Waals surface area (Å²) < 4.78 is 169. The molecule has 12 rings (SSSR count). The molecule has 0 radical (unpaired) electrons. The summed E-state index contributed by atoms with van der Waals surface area (Å²) in [5.41, 5.74) is -11.3. The fourth-order valence-corrected chi connectivity index (χ4v) is 13.3. The van der Waals surface area contributed by atoms with Crippen molar-refractivity contribution in [3.63, 3.8) is 0 Å². The lowest BCUT2D eigenvalue weighted by atomic mass is 10.0. The minimum absolute atomic E-state index is 0. The largest absolute Gasteiger partial charge is 0.478 e. The van der Waals surface area contributed by atoms with Gasteiger partial charge in [-0.3, -0.25) is 28.8 Å². The highest BCUT2D eigenvalue weighted by atomic mass is 35.5. The monoisotopic (exact) mass is 1930 g/mol. The number of carbonyl (C=O) groups excluding carboxylic acids is 5. The summed E-state index contributed by atoms with van der Waals surface area (Å²) in [6.45, 7) is 10.5. The fourth-order valence-electron chi connectivity index (χ4n) is 13.3. The van der Waals surface area contributed by atoms with Gasteiger partial charge in [-0.05, 0) is 195 Å². The summed E-state index contributed by atoms with van der Waals surface area (Å²) in [4.78, 5) is 101. The van der Waals surface area contributed by atoms with Gasteiger partial charge in [0.15, 0.2) is 16.8 Å². The summed E-state index contributed by atoms with van der Waals surface area (Å²) in [6, 6.07) is 34.7. The van der Waals surface area contributed by atoms with Crippen LogP contribution in [0.4, 0.5) is 70.2 Å². The van der Waals surface area contributed by atoms with Crippen LogP contribution in [0, 0.1) is 45.6 Å². The smallest absolute Gasteiger partial charge is 0.417 e. The van der Waals surface area contributed by atoms with Crippen LogP contribution in [-0.2, 0) is 64.7 Å². The Morgan fingerprint density at radius 3 is 1.11 bits per heavy atom. The number of rotatable bonds is 21. The van der Waals surface area contributed by atoms with Crippen LogP contribution in [0.25, 0.3) is 21.5 Å². The predicted octanol–water partition coefficient (Wildman–Crippen LogP) is 13.4.